The summed E-state index contributed by atoms with van der Waals surface area (Å²) >= 11 is 0. The minimum Gasteiger partial charge on any atom is -0.487 e. The minimum absolute atomic E-state index is 0.00755. The van der Waals surface area contributed by atoms with Crippen molar-refractivity contribution in [3.63, 3.8) is 0 Å². The van der Waals surface area contributed by atoms with Crippen LogP contribution in [0.3, 0.4) is 0 Å². The largest absolute Gasteiger partial charge is 0.487 e. The number of H-pyrrole nitrogens is 1. The third-order valence-electron chi connectivity index (χ3n) is 7.33. The van der Waals surface area contributed by atoms with E-state index in [0.717, 1.165) is 27.6 Å². The van der Waals surface area contributed by atoms with E-state index in [1.54, 1.807) is 12.3 Å². The van der Waals surface area contributed by atoms with E-state index in [2.05, 4.69) is 4.98 Å². The van der Waals surface area contributed by atoms with Gasteiger partial charge in [-0.05, 0) is 41.3 Å². The summed E-state index contributed by atoms with van der Waals surface area (Å²) < 4.78 is 34.2. The topological polar surface area (TPSA) is 73.4 Å². The Morgan fingerprint density at radius 2 is 1.36 bits per heavy atom. The van der Waals surface area contributed by atoms with Crippen molar-refractivity contribution >= 4 is 16.9 Å². The normalized spacial score (nSPS) is 11.0. The molecule has 6 aromatic rings. The van der Waals surface area contributed by atoms with E-state index < -0.39 is 11.8 Å². The molecular weight excluding hydrogens is 555 g/mol. The minimum atomic E-state index is -0.644. The van der Waals surface area contributed by atoms with Crippen molar-refractivity contribution in [2.24, 2.45) is 0 Å². The molecule has 0 unspecified atom stereocenters. The van der Waals surface area contributed by atoms with E-state index in [4.69, 9.17) is 19.2 Å². The van der Waals surface area contributed by atoms with Crippen LogP contribution in [-0.2, 0) is 31.0 Å². The highest BCUT2D eigenvalue weighted by molar-refractivity contribution is 5.97. The van der Waals surface area contributed by atoms with Crippen LogP contribution in [0.1, 0.15) is 39.5 Å². The van der Waals surface area contributed by atoms with Crippen LogP contribution < -0.4 is 9.47 Å². The zero-order valence-corrected chi connectivity index (χ0v) is 24.3. The number of ether oxygens (including phenoxy) is 3. The molecule has 4 aromatic carbocycles. The van der Waals surface area contributed by atoms with Gasteiger partial charge < -0.3 is 19.2 Å². The number of nitrogens with zero attached hydrogens (tertiary/aromatic N) is 1. The van der Waals surface area contributed by atoms with Crippen LogP contribution in [0.4, 0.5) is 4.39 Å². The standard InChI is InChI=1S/C37H31FN2O4/c1-2-29-34(30-21-32-28(18-19-39-32)20-31(30)38)40-36(43-23-26-14-8-4-9-15-26)33(35(29)42-22-25-12-6-3-7-13-25)37(41)44-24-27-16-10-5-11-17-27/h3-21,39H,2,22-24H2,1H3. The fourth-order valence-electron chi connectivity index (χ4n) is 5.08. The number of esters is 1. The highest BCUT2D eigenvalue weighted by Crippen LogP contribution is 2.41. The van der Waals surface area contributed by atoms with Crippen LogP contribution >= 0.6 is 0 Å². The molecule has 2 aromatic heterocycles. The molecule has 0 radical (unpaired) electrons. The van der Waals surface area contributed by atoms with Gasteiger partial charge in [-0.1, -0.05) is 97.9 Å². The Labute approximate surface area is 255 Å². The van der Waals surface area contributed by atoms with Crippen molar-refractivity contribution in [1.29, 1.82) is 0 Å². The van der Waals surface area contributed by atoms with Crippen LogP contribution in [0.15, 0.2) is 115 Å². The van der Waals surface area contributed by atoms with Crippen LogP contribution in [0, 0.1) is 5.82 Å². The number of nitrogens with one attached hydrogen (secondary N) is 1. The Morgan fingerprint density at radius 3 is 1.98 bits per heavy atom. The van der Waals surface area contributed by atoms with Crippen LogP contribution in [0.2, 0.25) is 0 Å². The lowest BCUT2D eigenvalue weighted by Gasteiger charge is -2.21. The Balaban J connectivity index is 1.50. The molecule has 0 aliphatic carbocycles. The highest BCUT2D eigenvalue weighted by atomic mass is 19.1. The molecule has 7 heteroatoms. The van der Waals surface area contributed by atoms with Crippen LogP contribution in [0.5, 0.6) is 11.6 Å². The number of halogens is 1. The molecule has 220 valence electrons. The number of aromatic amines is 1. The number of pyridine rings is 1. The zero-order chi connectivity index (χ0) is 30.3. The predicted molar refractivity (Wildman–Crippen MR) is 168 cm³/mol. The molecule has 2 heterocycles. The molecule has 0 atom stereocenters. The van der Waals surface area contributed by atoms with E-state index in [1.165, 1.54) is 6.07 Å². The molecule has 0 saturated carbocycles. The monoisotopic (exact) mass is 586 g/mol. The summed E-state index contributed by atoms with van der Waals surface area (Å²) in [6.45, 7) is 2.28. The van der Waals surface area contributed by atoms with E-state index in [9.17, 15) is 4.79 Å². The van der Waals surface area contributed by atoms with E-state index >= 15 is 4.39 Å². The quantitative estimate of drug-likeness (QED) is 0.154. The number of rotatable bonds is 11. The Kier molecular flexibility index (Phi) is 8.64. The molecule has 0 bridgehead atoms. The van der Waals surface area contributed by atoms with E-state index in [1.807, 2.05) is 104 Å². The average molecular weight is 587 g/mol. The van der Waals surface area contributed by atoms with Gasteiger partial charge in [0, 0.05) is 28.2 Å². The van der Waals surface area contributed by atoms with Crippen LogP contribution in [0.25, 0.3) is 22.2 Å². The predicted octanol–water partition coefficient (Wildman–Crippen LogP) is 8.45. The molecular formula is C37H31FN2O4. The van der Waals surface area contributed by atoms with Gasteiger partial charge in [0.1, 0.15) is 31.4 Å². The Hall–Kier alpha value is -5.43. The second kappa shape index (κ2) is 13.3. The van der Waals surface area contributed by atoms with Crippen molar-refractivity contribution in [2.75, 3.05) is 0 Å². The molecule has 0 fully saturated rings. The summed E-state index contributed by atoms with van der Waals surface area (Å²) in [4.78, 5) is 21.9. The number of hydrogen-bond acceptors (Lipinski definition) is 5. The van der Waals surface area contributed by atoms with Gasteiger partial charge in [0.15, 0.2) is 5.56 Å². The first-order valence-corrected chi connectivity index (χ1v) is 14.5. The molecule has 0 amide bonds. The van der Waals surface area contributed by atoms with Gasteiger partial charge in [0.2, 0.25) is 5.88 Å². The maximum Gasteiger partial charge on any atom is 0.347 e. The van der Waals surface area contributed by atoms with Gasteiger partial charge in [-0.15, -0.1) is 0 Å². The number of fused-ring (bicyclic) bond motifs is 1. The number of carbonyl (C=O) groups excluding carboxylic acids is 1. The average Bonchev–Trinajstić information content (AvgIpc) is 3.53. The van der Waals surface area contributed by atoms with Crippen molar-refractivity contribution in [1.82, 2.24) is 9.97 Å². The molecule has 0 spiro atoms. The summed E-state index contributed by atoms with van der Waals surface area (Å²) in [6, 6.07) is 33.6. The fraction of sp³-hybridized carbons (Fsp3) is 0.135. The molecule has 0 saturated heterocycles. The summed E-state index contributed by atoms with van der Waals surface area (Å²) in [5.74, 6) is -0.822. The van der Waals surface area contributed by atoms with E-state index in [-0.39, 0.29) is 42.6 Å². The third-order valence-corrected chi connectivity index (χ3v) is 7.33. The third kappa shape index (κ3) is 6.32. The maximum absolute atomic E-state index is 15.7. The number of carbonyl (C=O) groups is 1. The summed E-state index contributed by atoms with van der Waals surface area (Å²) in [5, 5.41) is 0.742. The van der Waals surface area contributed by atoms with Crippen molar-refractivity contribution < 1.29 is 23.4 Å². The first-order valence-electron chi connectivity index (χ1n) is 14.5. The van der Waals surface area contributed by atoms with Crippen molar-refractivity contribution in [2.45, 2.75) is 33.2 Å². The Bertz CT molecular complexity index is 1870. The molecule has 44 heavy (non-hydrogen) atoms. The van der Waals surface area contributed by atoms with Gasteiger partial charge in [-0.3, -0.25) is 0 Å². The van der Waals surface area contributed by atoms with Crippen LogP contribution in [-0.4, -0.2) is 15.9 Å². The smallest absolute Gasteiger partial charge is 0.347 e. The lowest BCUT2D eigenvalue weighted by molar-refractivity contribution is 0.0460. The zero-order valence-electron chi connectivity index (χ0n) is 24.3. The second-order valence-electron chi connectivity index (χ2n) is 10.3. The van der Waals surface area contributed by atoms with Gasteiger partial charge in [-0.2, -0.15) is 0 Å². The van der Waals surface area contributed by atoms with Gasteiger partial charge >= 0.3 is 5.97 Å². The van der Waals surface area contributed by atoms with E-state index in [0.29, 0.717) is 17.7 Å². The lowest BCUT2D eigenvalue weighted by atomic mass is 9.99. The first-order chi connectivity index (χ1) is 21.6. The summed E-state index contributed by atoms with van der Waals surface area (Å²) in [7, 11) is 0. The maximum atomic E-state index is 15.7. The number of hydrogen-bond donors (Lipinski definition) is 1. The lowest BCUT2D eigenvalue weighted by Crippen LogP contribution is -2.15. The highest BCUT2D eigenvalue weighted by Gasteiger charge is 2.30. The molecule has 1 N–H and O–H groups in total. The number of benzene rings is 4. The van der Waals surface area contributed by atoms with Gasteiger partial charge in [0.05, 0.1) is 5.69 Å². The molecule has 0 aliphatic rings. The Morgan fingerprint density at radius 1 is 0.773 bits per heavy atom. The van der Waals surface area contributed by atoms with Crippen molar-refractivity contribution in [3.8, 4) is 22.9 Å². The second-order valence-corrected chi connectivity index (χ2v) is 10.3. The summed E-state index contributed by atoms with van der Waals surface area (Å²) in [6.07, 6.45) is 2.17. The fourth-order valence-corrected chi connectivity index (χ4v) is 5.08. The summed E-state index contributed by atoms with van der Waals surface area (Å²) in [5.41, 5.74) is 4.63. The molecule has 0 aliphatic heterocycles. The first kappa shape index (κ1) is 28.7. The van der Waals surface area contributed by atoms with Gasteiger partial charge in [-0.25, -0.2) is 14.2 Å². The molecule has 6 nitrogen and oxygen atoms in total. The van der Waals surface area contributed by atoms with Crippen molar-refractivity contribution in [3.05, 3.63) is 149 Å². The number of aromatic nitrogens is 2. The SMILES string of the molecule is CCc1c(-c2cc3[nH]ccc3cc2F)nc(OCc2ccccc2)c(C(=O)OCc2ccccc2)c1OCc1ccccc1. The molecule has 6 rings (SSSR count). The van der Waals surface area contributed by atoms with Gasteiger partial charge in [0.25, 0.3) is 0 Å².